The summed E-state index contributed by atoms with van der Waals surface area (Å²) in [5.41, 5.74) is 1.01. The Morgan fingerprint density at radius 1 is 0.956 bits per heavy atom. The van der Waals surface area contributed by atoms with Gasteiger partial charge in [-0.25, -0.2) is 13.6 Å². The van der Waals surface area contributed by atoms with E-state index in [1.807, 2.05) is 67.0 Å². The lowest BCUT2D eigenvalue weighted by Crippen LogP contribution is -2.61. The Labute approximate surface area is 267 Å². The third-order valence-corrected chi connectivity index (χ3v) is 7.93. The molecule has 5 rings (SSSR count). The molecule has 2 fully saturated rings. The normalized spacial score (nSPS) is 16.7. The molecule has 0 spiro atoms. The van der Waals surface area contributed by atoms with Crippen molar-refractivity contribution < 1.29 is 32.6 Å². The molecule has 2 amide bonds. The molecule has 0 radical (unpaired) electrons. The second-order valence-corrected chi connectivity index (χ2v) is 12.6. The van der Waals surface area contributed by atoms with Gasteiger partial charge in [-0.2, -0.15) is 0 Å². The average molecular weight is 642 g/mol. The van der Waals surface area contributed by atoms with E-state index in [0.29, 0.717) is 30.4 Å². The molecule has 8 nitrogen and oxygen atoms in total. The van der Waals surface area contributed by atoms with E-state index in [1.54, 1.807) is 17.0 Å². The van der Waals surface area contributed by atoms with Crippen LogP contribution >= 0.6 is 11.6 Å². The molecule has 1 unspecified atom stereocenters. The van der Waals surface area contributed by atoms with E-state index in [1.165, 1.54) is 0 Å². The van der Waals surface area contributed by atoms with E-state index in [-0.39, 0.29) is 37.5 Å². The first-order chi connectivity index (χ1) is 21.5. The highest BCUT2D eigenvalue weighted by atomic mass is 35.5. The molecular formula is C34H38ClF2N3O5. The average Bonchev–Trinajstić information content (AvgIpc) is 3.85. The Balaban J connectivity index is 1.29. The number of benzene rings is 3. The zero-order valence-electron chi connectivity index (χ0n) is 25.7. The van der Waals surface area contributed by atoms with Gasteiger partial charge in [-0.15, -0.1) is 0 Å². The van der Waals surface area contributed by atoms with Gasteiger partial charge in [0.2, 0.25) is 5.91 Å². The van der Waals surface area contributed by atoms with Crippen LogP contribution in [0.4, 0.5) is 19.3 Å². The van der Waals surface area contributed by atoms with Crippen LogP contribution in [0.2, 0.25) is 5.02 Å². The highest BCUT2D eigenvalue weighted by molar-refractivity contribution is 6.31. The Morgan fingerprint density at radius 3 is 2.36 bits per heavy atom. The summed E-state index contributed by atoms with van der Waals surface area (Å²) in [7, 11) is 0. The van der Waals surface area contributed by atoms with Crippen molar-refractivity contribution in [3.63, 3.8) is 0 Å². The summed E-state index contributed by atoms with van der Waals surface area (Å²) in [6, 6.07) is 17.3. The Hall–Kier alpha value is -4.05. The maximum atomic E-state index is 14.3. The van der Waals surface area contributed by atoms with Crippen molar-refractivity contribution in [3.8, 4) is 11.5 Å². The second kappa shape index (κ2) is 13.9. The van der Waals surface area contributed by atoms with Gasteiger partial charge in [0.1, 0.15) is 36.4 Å². The molecular weight excluding hydrogens is 604 g/mol. The minimum absolute atomic E-state index is 0.0216. The van der Waals surface area contributed by atoms with E-state index >= 15 is 0 Å². The lowest BCUT2D eigenvalue weighted by atomic mass is 10.1. The highest BCUT2D eigenvalue weighted by Gasteiger charge is 2.42. The highest BCUT2D eigenvalue weighted by Crippen LogP contribution is 2.33. The van der Waals surface area contributed by atoms with Crippen molar-refractivity contribution in [2.24, 2.45) is 0 Å². The molecule has 240 valence electrons. The van der Waals surface area contributed by atoms with E-state index in [0.717, 1.165) is 42.3 Å². The predicted octanol–water partition coefficient (Wildman–Crippen LogP) is 6.69. The van der Waals surface area contributed by atoms with Crippen LogP contribution in [0.25, 0.3) is 0 Å². The standard InChI is InChI=1S/C34H38ClF2N3O5/c1-34(2,3)45-33(42)38-16-17-39(30(22-38)32(41)40(26-9-10-26)21-23-6-4-5-7-28(23)35)25-11-13-27(14-12-25)43-18-19-44-31-20-24(36)8-15-29(31)37/h4-8,11-15,20,26,30H,9-10,16-19,21-22H2,1-3H3. The van der Waals surface area contributed by atoms with Crippen LogP contribution in [0.15, 0.2) is 66.7 Å². The maximum absolute atomic E-state index is 14.3. The van der Waals surface area contributed by atoms with Crippen LogP contribution in [0.3, 0.4) is 0 Å². The lowest BCUT2D eigenvalue weighted by Gasteiger charge is -2.43. The smallest absolute Gasteiger partial charge is 0.410 e. The summed E-state index contributed by atoms with van der Waals surface area (Å²) in [5, 5.41) is 0.605. The van der Waals surface area contributed by atoms with Crippen LogP contribution < -0.4 is 14.4 Å². The number of amides is 2. The van der Waals surface area contributed by atoms with Crippen LogP contribution in [0.5, 0.6) is 11.5 Å². The number of carbonyl (C=O) groups excluding carboxylic acids is 2. The maximum Gasteiger partial charge on any atom is 0.410 e. The molecule has 3 aromatic rings. The molecule has 3 aromatic carbocycles. The number of nitrogens with zero attached hydrogens (tertiary/aromatic N) is 3. The van der Waals surface area contributed by atoms with E-state index in [2.05, 4.69) is 0 Å². The molecule has 0 bridgehead atoms. The molecule has 45 heavy (non-hydrogen) atoms. The first-order valence-corrected chi connectivity index (χ1v) is 15.5. The number of ether oxygens (including phenoxy) is 3. The lowest BCUT2D eigenvalue weighted by molar-refractivity contribution is -0.134. The first kappa shape index (κ1) is 32.3. The number of anilines is 1. The minimum Gasteiger partial charge on any atom is -0.490 e. The SMILES string of the molecule is CC(C)(C)OC(=O)N1CCN(c2ccc(OCCOc3cc(F)ccc3F)cc2)C(C(=O)N(Cc2ccccc2Cl)C2CC2)C1. The van der Waals surface area contributed by atoms with Crippen molar-refractivity contribution in [2.75, 3.05) is 37.7 Å². The second-order valence-electron chi connectivity index (χ2n) is 12.2. The van der Waals surface area contributed by atoms with Gasteiger partial charge < -0.3 is 28.9 Å². The fraction of sp³-hybridized carbons (Fsp3) is 0.412. The zero-order valence-corrected chi connectivity index (χ0v) is 26.4. The monoisotopic (exact) mass is 641 g/mol. The number of piperazine rings is 1. The molecule has 1 aliphatic heterocycles. The van der Waals surface area contributed by atoms with Gasteiger partial charge in [-0.3, -0.25) is 4.79 Å². The van der Waals surface area contributed by atoms with Crippen LogP contribution in [0, 0.1) is 11.6 Å². The van der Waals surface area contributed by atoms with Gasteiger partial charge in [-0.05, 0) is 81.6 Å². The number of halogens is 3. The Kier molecular flexibility index (Phi) is 10.0. The molecule has 2 aliphatic rings. The number of carbonyl (C=O) groups is 2. The third kappa shape index (κ3) is 8.57. The number of rotatable bonds is 10. The van der Waals surface area contributed by atoms with Gasteiger partial charge in [0.15, 0.2) is 11.6 Å². The minimum atomic E-state index is -0.663. The summed E-state index contributed by atoms with van der Waals surface area (Å²) >= 11 is 6.47. The fourth-order valence-electron chi connectivity index (χ4n) is 5.20. The Morgan fingerprint density at radius 2 is 1.67 bits per heavy atom. The molecule has 1 heterocycles. The van der Waals surface area contributed by atoms with Crippen molar-refractivity contribution in [1.82, 2.24) is 9.80 Å². The molecule has 11 heteroatoms. The zero-order chi connectivity index (χ0) is 32.1. The van der Waals surface area contributed by atoms with Crippen molar-refractivity contribution in [3.05, 3.63) is 89.0 Å². The van der Waals surface area contributed by atoms with Crippen molar-refractivity contribution in [1.29, 1.82) is 0 Å². The summed E-state index contributed by atoms with van der Waals surface area (Å²) in [5.74, 6) is -0.937. The summed E-state index contributed by atoms with van der Waals surface area (Å²) in [4.78, 5) is 32.9. The van der Waals surface area contributed by atoms with Gasteiger partial charge in [0.05, 0.1) is 6.54 Å². The predicted molar refractivity (Wildman–Crippen MR) is 168 cm³/mol. The van der Waals surface area contributed by atoms with Crippen molar-refractivity contribution >= 4 is 29.3 Å². The van der Waals surface area contributed by atoms with Gasteiger partial charge >= 0.3 is 6.09 Å². The fourth-order valence-corrected chi connectivity index (χ4v) is 5.40. The van der Waals surface area contributed by atoms with Gasteiger partial charge in [0, 0.05) is 42.5 Å². The number of hydrogen-bond acceptors (Lipinski definition) is 6. The molecule has 1 aliphatic carbocycles. The summed E-state index contributed by atoms with van der Waals surface area (Å²) in [6.45, 7) is 6.96. The molecule has 1 saturated carbocycles. The van der Waals surface area contributed by atoms with Gasteiger partial charge in [-0.1, -0.05) is 29.8 Å². The molecule has 0 N–H and O–H groups in total. The van der Waals surface area contributed by atoms with E-state index in [4.69, 9.17) is 25.8 Å². The summed E-state index contributed by atoms with van der Waals surface area (Å²) in [6.07, 6.45) is 1.38. The van der Waals surface area contributed by atoms with E-state index in [9.17, 15) is 18.4 Å². The molecule has 0 aromatic heterocycles. The first-order valence-electron chi connectivity index (χ1n) is 15.1. The summed E-state index contributed by atoms with van der Waals surface area (Å²) < 4.78 is 43.9. The number of hydrogen-bond donors (Lipinski definition) is 0. The molecule has 1 atom stereocenters. The third-order valence-electron chi connectivity index (χ3n) is 7.56. The topological polar surface area (TPSA) is 71.5 Å². The van der Waals surface area contributed by atoms with Crippen molar-refractivity contribution in [2.45, 2.75) is 57.8 Å². The van der Waals surface area contributed by atoms with E-state index < -0.39 is 29.4 Å². The Bertz CT molecular complexity index is 1500. The quantitative estimate of drug-likeness (QED) is 0.230. The van der Waals surface area contributed by atoms with Crippen LogP contribution in [0.1, 0.15) is 39.2 Å². The van der Waals surface area contributed by atoms with Gasteiger partial charge in [0.25, 0.3) is 0 Å². The largest absolute Gasteiger partial charge is 0.490 e. The van der Waals surface area contributed by atoms with Crippen LogP contribution in [-0.2, 0) is 16.1 Å². The molecule has 1 saturated heterocycles. The van der Waals surface area contributed by atoms with Crippen LogP contribution in [-0.4, -0.2) is 72.3 Å².